The van der Waals surface area contributed by atoms with Crippen LogP contribution in [0.1, 0.15) is 25.7 Å². The van der Waals surface area contributed by atoms with Crippen molar-refractivity contribution in [1.29, 1.82) is 5.41 Å². The third-order valence-corrected chi connectivity index (χ3v) is 2.91. The van der Waals surface area contributed by atoms with Crippen molar-refractivity contribution in [3.05, 3.63) is 0 Å². The predicted octanol–water partition coefficient (Wildman–Crippen LogP) is 0.581. The highest BCUT2D eigenvalue weighted by Gasteiger charge is 2.38. The Balaban J connectivity index is 2.12. The summed E-state index contributed by atoms with van der Waals surface area (Å²) < 4.78 is 0. The van der Waals surface area contributed by atoms with Crippen LogP contribution >= 0.6 is 0 Å². The van der Waals surface area contributed by atoms with Crippen molar-refractivity contribution in [3.8, 4) is 0 Å². The quantitative estimate of drug-likeness (QED) is 0.429. The minimum atomic E-state index is -0.108. The van der Waals surface area contributed by atoms with Gasteiger partial charge < -0.3 is 10.0 Å². The van der Waals surface area contributed by atoms with Gasteiger partial charge in [-0.05, 0) is 25.7 Å². The van der Waals surface area contributed by atoms with E-state index in [0.717, 1.165) is 25.7 Å². The van der Waals surface area contributed by atoms with Crippen LogP contribution in [0.5, 0.6) is 0 Å². The van der Waals surface area contributed by atoms with E-state index in [4.69, 9.17) is 5.41 Å². The number of hydrogen-bond acceptors (Lipinski definition) is 2. The molecule has 62 valence electrons. The van der Waals surface area contributed by atoms with Gasteiger partial charge in [0.05, 0.1) is 12.4 Å². The molecule has 0 amide bonds. The molecule has 0 aromatic rings. The Labute approximate surface area is 66.5 Å². The van der Waals surface area contributed by atoms with E-state index in [0.29, 0.717) is 12.1 Å². The zero-order valence-corrected chi connectivity index (χ0v) is 6.53. The van der Waals surface area contributed by atoms with Crippen molar-refractivity contribution >= 4 is 6.34 Å². The molecule has 0 aliphatic carbocycles. The monoisotopic (exact) mass is 154 g/mol. The van der Waals surface area contributed by atoms with Crippen LogP contribution in [0.4, 0.5) is 0 Å². The number of rotatable bonds is 1. The molecule has 2 bridgehead atoms. The zero-order chi connectivity index (χ0) is 7.84. The van der Waals surface area contributed by atoms with E-state index in [-0.39, 0.29) is 6.10 Å². The highest BCUT2D eigenvalue weighted by Crippen LogP contribution is 2.34. The van der Waals surface area contributed by atoms with E-state index in [2.05, 4.69) is 4.90 Å². The van der Waals surface area contributed by atoms with Gasteiger partial charge in [0.25, 0.3) is 0 Å². The third kappa shape index (κ3) is 1.03. The van der Waals surface area contributed by atoms with Gasteiger partial charge in [-0.1, -0.05) is 0 Å². The Morgan fingerprint density at radius 3 is 2.27 bits per heavy atom. The van der Waals surface area contributed by atoms with Gasteiger partial charge in [0, 0.05) is 12.1 Å². The molecule has 1 unspecified atom stereocenters. The molecule has 3 heteroatoms. The van der Waals surface area contributed by atoms with E-state index >= 15 is 0 Å². The number of aliphatic hydroxyl groups is 1. The fourth-order valence-electron chi connectivity index (χ4n) is 2.40. The largest absolute Gasteiger partial charge is 0.393 e. The first kappa shape index (κ1) is 7.10. The molecule has 3 atom stereocenters. The molecule has 2 saturated heterocycles. The molecular weight excluding hydrogens is 140 g/mol. The summed E-state index contributed by atoms with van der Waals surface area (Å²) >= 11 is 0. The number of piperidine rings is 1. The van der Waals surface area contributed by atoms with E-state index in [9.17, 15) is 5.11 Å². The first-order valence-corrected chi connectivity index (χ1v) is 4.27. The van der Waals surface area contributed by atoms with Crippen LogP contribution in [0.3, 0.4) is 0 Å². The highest BCUT2D eigenvalue weighted by atomic mass is 16.3. The second-order valence-electron chi connectivity index (χ2n) is 3.59. The summed E-state index contributed by atoms with van der Waals surface area (Å²) in [6.45, 7) is 0. The van der Waals surface area contributed by atoms with Gasteiger partial charge >= 0.3 is 0 Å². The minimum Gasteiger partial charge on any atom is -0.393 e. The van der Waals surface area contributed by atoms with Crippen molar-refractivity contribution in [3.63, 3.8) is 0 Å². The van der Waals surface area contributed by atoms with Crippen LogP contribution in [0.15, 0.2) is 0 Å². The summed E-state index contributed by atoms with van der Waals surface area (Å²) in [5, 5.41) is 16.6. The second kappa shape index (κ2) is 2.48. The van der Waals surface area contributed by atoms with Crippen LogP contribution in [-0.4, -0.2) is 34.5 Å². The third-order valence-electron chi connectivity index (χ3n) is 2.91. The van der Waals surface area contributed by atoms with Crippen LogP contribution < -0.4 is 0 Å². The topological polar surface area (TPSA) is 47.3 Å². The van der Waals surface area contributed by atoms with Gasteiger partial charge in [-0.15, -0.1) is 0 Å². The van der Waals surface area contributed by atoms with Crippen molar-refractivity contribution in [2.45, 2.75) is 43.9 Å². The standard InChI is InChI=1S/C8H14N2O/c9-5-10-6-1-2-7(10)4-8(11)3-6/h5-9,11H,1-4H2/t6-,7+,8?. The van der Waals surface area contributed by atoms with Crippen molar-refractivity contribution in [2.24, 2.45) is 0 Å². The van der Waals surface area contributed by atoms with Crippen LogP contribution in [0.2, 0.25) is 0 Å². The Bertz CT molecular complexity index is 157. The lowest BCUT2D eigenvalue weighted by molar-refractivity contribution is 0.0731. The summed E-state index contributed by atoms with van der Waals surface area (Å²) in [6.07, 6.45) is 5.39. The molecule has 2 fully saturated rings. The summed E-state index contributed by atoms with van der Waals surface area (Å²) in [7, 11) is 0. The first-order chi connectivity index (χ1) is 5.31. The molecule has 3 nitrogen and oxygen atoms in total. The van der Waals surface area contributed by atoms with Crippen LogP contribution in [-0.2, 0) is 0 Å². The lowest BCUT2D eigenvalue weighted by Crippen LogP contribution is -2.43. The van der Waals surface area contributed by atoms with Gasteiger partial charge in [0.15, 0.2) is 0 Å². The Hall–Kier alpha value is -0.570. The molecule has 0 radical (unpaired) electrons. The molecule has 2 heterocycles. The smallest absolute Gasteiger partial charge is 0.0822 e. The fraction of sp³-hybridized carbons (Fsp3) is 0.875. The summed E-state index contributed by atoms with van der Waals surface area (Å²) in [5.74, 6) is 0. The molecule has 2 N–H and O–H groups in total. The maximum absolute atomic E-state index is 9.40. The van der Waals surface area contributed by atoms with Crippen molar-refractivity contribution in [2.75, 3.05) is 0 Å². The van der Waals surface area contributed by atoms with Gasteiger partial charge in [0.1, 0.15) is 0 Å². The lowest BCUT2D eigenvalue weighted by Gasteiger charge is -2.35. The van der Waals surface area contributed by atoms with E-state index in [1.54, 1.807) is 0 Å². The Morgan fingerprint density at radius 1 is 1.27 bits per heavy atom. The van der Waals surface area contributed by atoms with Gasteiger partial charge in [0.2, 0.25) is 0 Å². The molecule has 0 saturated carbocycles. The Kier molecular flexibility index (Phi) is 1.60. The van der Waals surface area contributed by atoms with E-state index in [1.165, 1.54) is 6.34 Å². The van der Waals surface area contributed by atoms with Crippen LogP contribution in [0, 0.1) is 5.41 Å². The maximum atomic E-state index is 9.40. The average Bonchev–Trinajstić information content (AvgIpc) is 2.23. The minimum absolute atomic E-state index is 0.108. The van der Waals surface area contributed by atoms with Crippen LogP contribution in [0.25, 0.3) is 0 Å². The van der Waals surface area contributed by atoms with Crippen molar-refractivity contribution in [1.82, 2.24) is 4.90 Å². The molecule has 2 aliphatic rings. The predicted molar refractivity (Wildman–Crippen MR) is 42.7 cm³/mol. The molecule has 0 aromatic heterocycles. The summed E-state index contributed by atoms with van der Waals surface area (Å²) in [5.41, 5.74) is 0. The molecule has 2 rings (SSSR count). The molecular formula is C8H14N2O. The number of fused-ring (bicyclic) bond motifs is 2. The van der Waals surface area contributed by atoms with Crippen molar-refractivity contribution < 1.29 is 5.11 Å². The SMILES string of the molecule is N=CN1[C@@H]2CC[C@H]1CC(O)C2. The fourth-order valence-corrected chi connectivity index (χ4v) is 2.40. The summed E-state index contributed by atoms with van der Waals surface area (Å²) in [4.78, 5) is 2.10. The van der Waals surface area contributed by atoms with Gasteiger partial charge in [-0.25, -0.2) is 0 Å². The number of nitrogens with one attached hydrogen (secondary N) is 1. The highest BCUT2D eigenvalue weighted by molar-refractivity contribution is 5.53. The number of nitrogens with zero attached hydrogens (tertiary/aromatic N) is 1. The number of hydrogen-bond donors (Lipinski definition) is 2. The van der Waals surface area contributed by atoms with Gasteiger partial charge in [-0.2, -0.15) is 0 Å². The Morgan fingerprint density at radius 2 is 1.82 bits per heavy atom. The maximum Gasteiger partial charge on any atom is 0.0822 e. The number of aliphatic hydroxyl groups excluding tert-OH is 1. The average molecular weight is 154 g/mol. The van der Waals surface area contributed by atoms with E-state index in [1.807, 2.05) is 0 Å². The normalized spacial score (nSPS) is 42.6. The summed E-state index contributed by atoms with van der Waals surface area (Å²) in [6, 6.07) is 0.919. The first-order valence-electron chi connectivity index (χ1n) is 4.27. The second-order valence-corrected chi connectivity index (χ2v) is 3.59. The van der Waals surface area contributed by atoms with E-state index < -0.39 is 0 Å². The lowest BCUT2D eigenvalue weighted by atomic mass is 10.0. The molecule has 11 heavy (non-hydrogen) atoms. The molecule has 0 aromatic carbocycles. The molecule has 2 aliphatic heterocycles. The van der Waals surface area contributed by atoms with Gasteiger partial charge in [-0.3, -0.25) is 5.41 Å². The molecule has 0 spiro atoms. The zero-order valence-electron chi connectivity index (χ0n) is 6.53.